The molecule has 1 N–H and O–H groups in total. The van der Waals surface area contributed by atoms with E-state index in [4.69, 9.17) is 0 Å². The molecule has 1 aromatic heterocycles. The van der Waals surface area contributed by atoms with E-state index in [1.165, 1.54) is 10.9 Å². The summed E-state index contributed by atoms with van der Waals surface area (Å²) < 4.78 is 13.7. The zero-order chi connectivity index (χ0) is 13.7. The molecule has 1 heterocycles. The molecular weight excluding hydrogens is 245 g/mol. The Morgan fingerprint density at radius 3 is 2.74 bits per heavy atom. The molecule has 19 heavy (non-hydrogen) atoms. The van der Waals surface area contributed by atoms with Gasteiger partial charge in [0.25, 0.3) is 0 Å². The van der Waals surface area contributed by atoms with Gasteiger partial charge in [-0.1, -0.05) is 18.2 Å². The summed E-state index contributed by atoms with van der Waals surface area (Å²) in [5.41, 5.74) is 0.728. The lowest BCUT2D eigenvalue weighted by molar-refractivity contribution is 0.469. The quantitative estimate of drug-likeness (QED) is 0.843. The van der Waals surface area contributed by atoms with E-state index in [0.29, 0.717) is 18.7 Å². The fourth-order valence-corrected chi connectivity index (χ4v) is 2.14. The van der Waals surface area contributed by atoms with Gasteiger partial charge in [-0.15, -0.1) is 10.2 Å². The molecule has 0 saturated heterocycles. The number of halogens is 1. The fourth-order valence-electron chi connectivity index (χ4n) is 2.14. The summed E-state index contributed by atoms with van der Waals surface area (Å²) in [6.07, 6.45) is 1.34. The van der Waals surface area contributed by atoms with Crippen molar-refractivity contribution in [2.24, 2.45) is 13.0 Å². The lowest BCUT2D eigenvalue weighted by Crippen LogP contribution is -2.23. The van der Waals surface area contributed by atoms with Crippen LogP contribution in [0.25, 0.3) is 0 Å². The highest BCUT2D eigenvalue weighted by molar-refractivity contribution is 5.18. The topological polar surface area (TPSA) is 55.6 Å². The minimum atomic E-state index is -0.157. The molecule has 6 heteroatoms. The van der Waals surface area contributed by atoms with Crippen molar-refractivity contribution in [3.63, 3.8) is 0 Å². The Labute approximate surface area is 111 Å². The second-order valence-electron chi connectivity index (χ2n) is 4.62. The van der Waals surface area contributed by atoms with Crippen molar-refractivity contribution < 1.29 is 4.39 Å². The summed E-state index contributed by atoms with van der Waals surface area (Å²) in [6, 6.07) is 6.87. The number of tetrazole rings is 1. The molecule has 0 bridgehead atoms. The molecule has 0 radical (unpaired) electrons. The second kappa shape index (κ2) is 6.38. The van der Waals surface area contributed by atoms with Gasteiger partial charge in [0, 0.05) is 6.42 Å². The van der Waals surface area contributed by atoms with Gasteiger partial charge in [-0.25, -0.2) is 4.39 Å². The van der Waals surface area contributed by atoms with Crippen LogP contribution in [0.5, 0.6) is 0 Å². The standard InChI is InChI=1S/C13H18FN5/c1-15-9-10(8-13-16-18-19(2)17-13)7-11-5-3-4-6-12(11)14/h3-6,10,15H,7-9H2,1-2H3. The first kappa shape index (κ1) is 13.6. The van der Waals surface area contributed by atoms with Gasteiger partial charge < -0.3 is 5.32 Å². The van der Waals surface area contributed by atoms with Crippen LogP contribution in [0.2, 0.25) is 0 Å². The maximum atomic E-state index is 13.7. The Kier molecular flexibility index (Phi) is 4.57. The third-order valence-corrected chi connectivity index (χ3v) is 2.98. The first-order valence-corrected chi connectivity index (χ1v) is 6.30. The first-order chi connectivity index (χ1) is 9.19. The van der Waals surface area contributed by atoms with Crippen molar-refractivity contribution in [1.82, 2.24) is 25.5 Å². The predicted molar refractivity (Wildman–Crippen MR) is 70.0 cm³/mol. The van der Waals surface area contributed by atoms with Crippen LogP contribution in [-0.4, -0.2) is 33.8 Å². The highest BCUT2D eigenvalue weighted by Crippen LogP contribution is 2.15. The third-order valence-electron chi connectivity index (χ3n) is 2.98. The summed E-state index contributed by atoms with van der Waals surface area (Å²) in [7, 11) is 3.62. The molecular formula is C13H18FN5. The van der Waals surface area contributed by atoms with Gasteiger partial charge >= 0.3 is 0 Å². The highest BCUT2D eigenvalue weighted by Gasteiger charge is 2.15. The first-order valence-electron chi connectivity index (χ1n) is 6.30. The molecule has 1 unspecified atom stereocenters. The Morgan fingerprint density at radius 1 is 1.32 bits per heavy atom. The van der Waals surface area contributed by atoms with Crippen LogP contribution in [0.3, 0.4) is 0 Å². The maximum Gasteiger partial charge on any atom is 0.175 e. The molecule has 0 spiro atoms. The van der Waals surface area contributed by atoms with E-state index in [1.807, 2.05) is 19.2 Å². The van der Waals surface area contributed by atoms with E-state index in [1.54, 1.807) is 13.1 Å². The van der Waals surface area contributed by atoms with E-state index < -0.39 is 0 Å². The minimum absolute atomic E-state index is 0.157. The number of aromatic nitrogens is 4. The molecule has 0 fully saturated rings. The predicted octanol–water partition coefficient (Wildman–Crippen LogP) is 0.970. The molecule has 0 saturated carbocycles. The van der Waals surface area contributed by atoms with Crippen molar-refractivity contribution in [2.45, 2.75) is 12.8 Å². The van der Waals surface area contributed by atoms with E-state index in [9.17, 15) is 4.39 Å². The Morgan fingerprint density at radius 2 is 2.11 bits per heavy atom. The average molecular weight is 263 g/mol. The molecule has 1 atom stereocenters. The van der Waals surface area contributed by atoms with Gasteiger partial charge in [-0.2, -0.15) is 4.80 Å². The van der Waals surface area contributed by atoms with Crippen molar-refractivity contribution in [3.8, 4) is 0 Å². The summed E-state index contributed by atoms with van der Waals surface area (Å²) in [5.74, 6) is 0.779. The monoisotopic (exact) mass is 263 g/mol. The number of hydrogen-bond acceptors (Lipinski definition) is 4. The van der Waals surface area contributed by atoms with E-state index in [-0.39, 0.29) is 11.7 Å². The maximum absolute atomic E-state index is 13.7. The highest BCUT2D eigenvalue weighted by atomic mass is 19.1. The minimum Gasteiger partial charge on any atom is -0.319 e. The Balaban J connectivity index is 2.06. The van der Waals surface area contributed by atoms with Gasteiger partial charge in [0.05, 0.1) is 7.05 Å². The Bertz CT molecular complexity index is 525. The molecule has 102 valence electrons. The van der Waals surface area contributed by atoms with Gasteiger partial charge in [0.15, 0.2) is 5.82 Å². The average Bonchev–Trinajstić information content (AvgIpc) is 2.78. The number of nitrogens with one attached hydrogen (secondary N) is 1. The van der Waals surface area contributed by atoms with Gasteiger partial charge in [-0.05, 0) is 42.8 Å². The number of benzene rings is 1. The van der Waals surface area contributed by atoms with Gasteiger partial charge in [-0.3, -0.25) is 0 Å². The lowest BCUT2D eigenvalue weighted by Gasteiger charge is -2.15. The van der Waals surface area contributed by atoms with Gasteiger partial charge in [0.2, 0.25) is 0 Å². The Hall–Kier alpha value is -1.82. The summed E-state index contributed by atoms with van der Waals surface area (Å²) >= 11 is 0. The molecule has 0 aliphatic carbocycles. The number of rotatable bonds is 6. The molecule has 1 aromatic carbocycles. The molecule has 2 aromatic rings. The molecule has 0 aliphatic rings. The van der Waals surface area contributed by atoms with Crippen LogP contribution in [0.15, 0.2) is 24.3 Å². The van der Waals surface area contributed by atoms with E-state index >= 15 is 0 Å². The summed E-state index contributed by atoms with van der Waals surface area (Å²) in [5, 5.41) is 15.1. The molecule has 0 aliphatic heterocycles. The van der Waals surface area contributed by atoms with Crippen LogP contribution < -0.4 is 5.32 Å². The van der Waals surface area contributed by atoms with Crippen LogP contribution >= 0.6 is 0 Å². The van der Waals surface area contributed by atoms with Crippen molar-refractivity contribution in [2.75, 3.05) is 13.6 Å². The van der Waals surface area contributed by atoms with Crippen LogP contribution in [-0.2, 0) is 19.9 Å². The summed E-state index contributed by atoms with van der Waals surface area (Å²) in [4.78, 5) is 1.44. The van der Waals surface area contributed by atoms with E-state index in [0.717, 1.165) is 12.1 Å². The fraction of sp³-hybridized carbons (Fsp3) is 0.462. The molecule has 2 rings (SSSR count). The van der Waals surface area contributed by atoms with Gasteiger partial charge in [0.1, 0.15) is 5.82 Å². The zero-order valence-electron chi connectivity index (χ0n) is 11.2. The zero-order valence-corrected chi connectivity index (χ0v) is 11.2. The normalized spacial score (nSPS) is 12.6. The number of nitrogens with zero attached hydrogens (tertiary/aromatic N) is 4. The second-order valence-corrected chi connectivity index (χ2v) is 4.62. The van der Waals surface area contributed by atoms with Crippen LogP contribution in [0.1, 0.15) is 11.4 Å². The largest absolute Gasteiger partial charge is 0.319 e. The molecule has 0 amide bonds. The van der Waals surface area contributed by atoms with Crippen LogP contribution in [0.4, 0.5) is 4.39 Å². The van der Waals surface area contributed by atoms with Crippen molar-refractivity contribution in [3.05, 3.63) is 41.5 Å². The number of aryl methyl sites for hydroxylation is 1. The van der Waals surface area contributed by atoms with Crippen molar-refractivity contribution in [1.29, 1.82) is 0 Å². The summed E-state index contributed by atoms with van der Waals surface area (Å²) in [6.45, 7) is 0.784. The van der Waals surface area contributed by atoms with Crippen molar-refractivity contribution >= 4 is 0 Å². The van der Waals surface area contributed by atoms with E-state index in [2.05, 4.69) is 20.7 Å². The third kappa shape index (κ3) is 3.82. The number of hydrogen-bond donors (Lipinski definition) is 1. The van der Waals surface area contributed by atoms with Crippen LogP contribution in [0, 0.1) is 11.7 Å². The molecule has 5 nitrogen and oxygen atoms in total. The lowest BCUT2D eigenvalue weighted by atomic mass is 9.95. The smallest absolute Gasteiger partial charge is 0.175 e. The SMILES string of the molecule is CNCC(Cc1nnn(C)n1)Cc1ccccc1F.